The third-order valence-corrected chi connectivity index (χ3v) is 3.12. The summed E-state index contributed by atoms with van der Waals surface area (Å²) >= 11 is 3.43. The fourth-order valence-corrected chi connectivity index (χ4v) is 1.77. The molecule has 0 spiro atoms. The Hall–Kier alpha value is -0.300. The van der Waals surface area contributed by atoms with Gasteiger partial charge in [-0.15, -0.1) is 24.0 Å². The molecule has 1 fully saturated rings. The van der Waals surface area contributed by atoms with Crippen molar-refractivity contribution in [2.45, 2.75) is 32.4 Å². The van der Waals surface area contributed by atoms with E-state index in [0.717, 1.165) is 23.5 Å². The summed E-state index contributed by atoms with van der Waals surface area (Å²) in [6.45, 7) is 3.71. The molecule has 1 saturated carbocycles. The maximum atomic E-state index is 4.57. The Morgan fingerprint density at radius 2 is 2.00 bits per heavy atom. The maximum absolute atomic E-state index is 4.57. The minimum absolute atomic E-state index is 0. The van der Waals surface area contributed by atoms with Gasteiger partial charge in [0, 0.05) is 17.1 Å². The monoisotopic (exact) mass is 423 g/mol. The largest absolute Gasteiger partial charge is 0.357 e. The molecule has 1 aliphatic carbocycles. The molecule has 1 aromatic rings. The van der Waals surface area contributed by atoms with Gasteiger partial charge in [0.2, 0.25) is 0 Å². The zero-order valence-corrected chi connectivity index (χ0v) is 14.4. The van der Waals surface area contributed by atoms with Crippen molar-refractivity contribution >= 4 is 45.9 Å². The fraction of sp³-hybridized carbons (Fsp3) is 0.462. The second-order valence-electron chi connectivity index (χ2n) is 4.24. The number of nitrogens with zero attached hydrogens (tertiary/aromatic N) is 1. The summed E-state index contributed by atoms with van der Waals surface area (Å²) in [5.41, 5.74) is 1.22. The van der Waals surface area contributed by atoms with Crippen LogP contribution < -0.4 is 10.6 Å². The van der Waals surface area contributed by atoms with Crippen LogP contribution in [0.1, 0.15) is 25.3 Å². The van der Waals surface area contributed by atoms with Crippen LogP contribution in [0.4, 0.5) is 0 Å². The third-order valence-electron chi connectivity index (χ3n) is 2.60. The van der Waals surface area contributed by atoms with Crippen LogP contribution in [0.5, 0.6) is 0 Å². The van der Waals surface area contributed by atoms with Crippen molar-refractivity contribution in [2.75, 3.05) is 6.54 Å². The second kappa shape index (κ2) is 7.99. The van der Waals surface area contributed by atoms with Gasteiger partial charge in [-0.25, -0.2) is 4.99 Å². The molecule has 0 saturated heterocycles. The first-order valence-electron chi connectivity index (χ1n) is 6.07. The molecule has 1 aromatic carbocycles. The van der Waals surface area contributed by atoms with Crippen molar-refractivity contribution in [3.63, 3.8) is 0 Å². The van der Waals surface area contributed by atoms with Crippen molar-refractivity contribution in [1.82, 2.24) is 10.6 Å². The number of aliphatic imine (C=N–C) groups is 1. The molecule has 5 heteroatoms. The average molecular weight is 424 g/mol. The standard InChI is InChI=1S/C13H18BrN3.HI/c1-2-15-13(17-12-7-8-12)16-9-10-3-5-11(14)6-4-10;/h3-6,12H,2,7-9H2,1H3,(H2,15,16,17);1H. The highest BCUT2D eigenvalue weighted by Gasteiger charge is 2.21. The molecule has 0 radical (unpaired) electrons. The summed E-state index contributed by atoms with van der Waals surface area (Å²) in [4.78, 5) is 4.57. The first-order valence-corrected chi connectivity index (χ1v) is 6.86. The predicted octanol–water partition coefficient (Wildman–Crippen LogP) is 3.28. The van der Waals surface area contributed by atoms with Gasteiger partial charge in [0.1, 0.15) is 0 Å². The molecule has 0 aliphatic heterocycles. The molecule has 100 valence electrons. The first-order chi connectivity index (χ1) is 8.28. The van der Waals surface area contributed by atoms with Crippen LogP contribution >= 0.6 is 39.9 Å². The zero-order chi connectivity index (χ0) is 12.1. The molecule has 0 bridgehead atoms. The lowest BCUT2D eigenvalue weighted by molar-refractivity contribution is 0.812. The van der Waals surface area contributed by atoms with Gasteiger partial charge < -0.3 is 10.6 Å². The molecule has 3 nitrogen and oxygen atoms in total. The van der Waals surface area contributed by atoms with Gasteiger partial charge in [0.15, 0.2) is 5.96 Å². The van der Waals surface area contributed by atoms with E-state index in [2.05, 4.69) is 50.6 Å². The Balaban J connectivity index is 0.00000162. The molecular weight excluding hydrogens is 405 g/mol. The molecule has 2 rings (SSSR count). The molecule has 0 unspecified atom stereocenters. The van der Waals surface area contributed by atoms with Crippen LogP contribution in [-0.4, -0.2) is 18.5 Å². The molecule has 0 heterocycles. The minimum Gasteiger partial charge on any atom is -0.357 e. The smallest absolute Gasteiger partial charge is 0.191 e. The number of halogens is 2. The minimum atomic E-state index is 0. The topological polar surface area (TPSA) is 36.4 Å². The van der Waals surface area contributed by atoms with Gasteiger partial charge >= 0.3 is 0 Å². The van der Waals surface area contributed by atoms with E-state index in [1.54, 1.807) is 0 Å². The second-order valence-corrected chi connectivity index (χ2v) is 5.16. The highest BCUT2D eigenvalue weighted by Crippen LogP contribution is 2.18. The van der Waals surface area contributed by atoms with Gasteiger partial charge in [-0.3, -0.25) is 0 Å². The summed E-state index contributed by atoms with van der Waals surface area (Å²) in [6, 6.07) is 8.92. The maximum Gasteiger partial charge on any atom is 0.191 e. The molecule has 0 atom stereocenters. The Labute approximate surface area is 134 Å². The summed E-state index contributed by atoms with van der Waals surface area (Å²) in [7, 11) is 0. The van der Waals surface area contributed by atoms with Crippen molar-refractivity contribution in [2.24, 2.45) is 4.99 Å². The van der Waals surface area contributed by atoms with Gasteiger partial charge in [-0.05, 0) is 37.5 Å². The number of benzene rings is 1. The molecular formula is C13H19BrIN3. The van der Waals surface area contributed by atoms with Crippen LogP contribution in [0.15, 0.2) is 33.7 Å². The highest BCUT2D eigenvalue weighted by molar-refractivity contribution is 14.0. The van der Waals surface area contributed by atoms with Crippen molar-refractivity contribution < 1.29 is 0 Å². The van der Waals surface area contributed by atoms with Crippen LogP contribution in [0.3, 0.4) is 0 Å². The van der Waals surface area contributed by atoms with Crippen molar-refractivity contribution in [3.8, 4) is 0 Å². The summed E-state index contributed by atoms with van der Waals surface area (Å²) in [5, 5.41) is 6.67. The molecule has 0 aromatic heterocycles. The van der Waals surface area contributed by atoms with Crippen molar-refractivity contribution in [3.05, 3.63) is 34.3 Å². The van der Waals surface area contributed by atoms with E-state index >= 15 is 0 Å². The van der Waals surface area contributed by atoms with E-state index in [-0.39, 0.29) is 24.0 Å². The summed E-state index contributed by atoms with van der Waals surface area (Å²) in [6.07, 6.45) is 2.53. The lowest BCUT2D eigenvalue weighted by Gasteiger charge is -2.10. The van der Waals surface area contributed by atoms with Crippen LogP contribution in [0.25, 0.3) is 0 Å². The number of nitrogens with one attached hydrogen (secondary N) is 2. The quantitative estimate of drug-likeness (QED) is 0.443. The van der Waals surface area contributed by atoms with E-state index in [1.165, 1.54) is 18.4 Å². The zero-order valence-electron chi connectivity index (χ0n) is 10.4. The lowest BCUT2D eigenvalue weighted by Crippen LogP contribution is -2.38. The molecule has 0 amide bonds. The van der Waals surface area contributed by atoms with E-state index < -0.39 is 0 Å². The Morgan fingerprint density at radius 3 is 2.56 bits per heavy atom. The Kier molecular flexibility index (Phi) is 6.99. The first kappa shape index (κ1) is 15.8. The van der Waals surface area contributed by atoms with Crippen molar-refractivity contribution in [1.29, 1.82) is 0 Å². The SMILES string of the molecule is CCNC(=NCc1ccc(Br)cc1)NC1CC1.I. The lowest BCUT2D eigenvalue weighted by atomic mass is 10.2. The van der Waals surface area contributed by atoms with Gasteiger partial charge in [-0.2, -0.15) is 0 Å². The normalized spacial score (nSPS) is 14.9. The van der Waals surface area contributed by atoms with Crippen LogP contribution in [0.2, 0.25) is 0 Å². The Morgan fingerprint density at radius 1 is 1.33 bits per heavy atom. The van der Waals surface area contributed by atoms with E-state index in [9.17, 15) is 0 Å². The highest BCUT2D eigenvalue weighted by atomic mass is 127. The predicted molar refractivity (Wildman–Crippen MR) is 90.5 cm³/mol. The average Bonchev–Trinajstić information content (AvgIpc) is 3.12. The number of guanidine groups is 1. The molecule has 2 N–H and O–H groups in total. The third kappa shape index (κ3) is 5.56. The number of rotatable bonds is 4. The van der Waals surface area contributed by atoms with Crippen LogP contribution in [0, 0.1) is 0 Å². The summed E-state index contributed by atoms with van der Waals surface area (Å²) < 4.78 is 1.10. The van der Waals surface area contributed by atoms with E-state index in [1.807, 2.05) is 12.1 Å². The molecule has 18 heavy (non-hydrogen) atoms. The van der Waals surface area contributed by atoms with Crippen LogP contribution in [-0.2, 0) is 6.54 Å². The van der Waals surface area contributed by atoms with Gasteiger partial charge in [0.05, 0.1) is 6.54 Å². The van der Waals surface area contributed by atoms with Gasteiger partial charge in [-0.1, -0.05) is 28.1 Å². The van der Waals surface area contributed by atoms with E-state index in [0.29, 0.717) is 6.04 Å². The van der Waals surface area contributed by atoms with E-state index in [4.69, 9.17) is 0 Å². The van der Waals surface area contributed by atoms with Gasteiger partial charge in [0.25, 0.3) is 0 Å². The fourth-order valence-electron chi connectivity index (χ4n) is 1.50. The Bertz CT molecular complexity index is 388. The number of hydrogen-bond acceptors (Lipinski definition) is 1. The number of hydrogen-bond donors (Lipinski definition) is 2. The molecule has 1 aliphatic rings. The summed E-state index contributed by atoms with van der Waals surface area (Å²) in [5.74, 6) is 0.929.